The fourth-order valence-corrected chi connectivity index (χ4v) is 3.75. The molecule has 1 atom stereocenters. The number of rotatable bonds is 7. The smallest absolute Gasteiger partial charge is 0.262 e. The first-order chi connectivity index (χ1) is 14.7. The third-order valence-corrected chi connectivity index (χ3v) is 5.45. The number of hydrogen-bond acceptors (Lipinski definition) is 3. The molecule has 1 aliphatic heterocycles. The van der Waals surface area contributed by atoms with Gasteiger partial charge in [0.2, 0.25) is 0 Å². The van der Waals surface area contributed by atoms with Gasteiger partial charge in [-0.25, -0.2) is 0 Å². The highest BCUT2D eigenvalue weighted by molar-refractivity contribution is 6.12. The Labute approximate surface area is 178 Å². The van der Waals surface area contributed by atoms with Gasteiger partial charge in [-0.1, -0.05) is 61.7 Å². The maximum atomic E-state index is 13.5. The summed E-state index contributed by atoms with van der Waals surface area (Å²) in [6.07, 6.45) is 3.13. The molecule has 3 aromatic rings. The van der Waals surface area contributed by atoms with E-state index in [1.165, 1.54) is 18.4 Å². The lowest BCUT2D eigenvalue weighted by Gasteiger charge is -2.38. The van der Waals surface area contributed by atoms with Gasteiger partial charge < -0.3 is 10.1 Å². The van der Waals surface area contributed by atoms with Crippen molar-refractivity contribution in [1.29, 1.82) is 0 Å². The van der Waals surface area contributed by atoms with Crippen LogP contribution in [-0.2, 0) is 0 Å². The molecule has 1 amide bonds. The molecule has 0 aliphatic carbocycles. The van der Waals surface area contributed by atoms with Crippen LogP contribution in [0.5, 0.6) is 5.75 Å². The van der Waals surface area contributed by atoms with Gasteiger partial charge >= 0.3 is 0 Å². The maximum absolute atomic E-state index is 13.5. The number of nitrogens with one attached hydrogen (secondary N) is 1. The zero-order valence-corrected chi connectivity index (χ0v) is 17.6. The SMILES string of the molecule is CCCCCOc1ccc(N2C(=O)c3ccccc3N[C@H]2c2ccc(C)cc2)cc1. The zero-order valence-electron chi connectivity index (χ0n) is 17.6. The second-order valence-corrected chi connectivity index (χ2v) is 7.73. The van der Waals surface area contributed by atoms with Crippen LogP contribution in [0.15, 0.2) is 72.8 Å². The van der Waals surface area contributed by atoms with Gasteiger partial charge in [0.15, 0.2) is 0 Å². The van der Waals surface area contributed by atoms with E-state index < -0.39 is 0 Å². The average molecular weight is 401 g/mol. The molecule has 1 heterocycles. The van der Waals surface area contributed by atoms with Gasteiger partial charge in [0.25, 0.3) is 5.91 Å². The molecule has 4 rings (SSSR count). The van der Waals surface area contributed by atoms with Gasteiger partial charge in [0.1, 0.15) is 11.9 Å². The molecule has 0 unspecified atom stereocenters. The van der Waals surface area contributed by atoms with Gasteiger partial charge in [-0.2, -0.15) is 0 Å². The lowest BCUT2D eigenvalue weighted by molar-refractivity contribution is 0.0975. The predicted octanol–water partition coefficient (Wildman–Crippen LogP) is 6.34. The molecule has 0 saturated heterocycles. The maximum Gasteiger partial charge on any atom is 0.262 e. The predicted molar refractivity (Wildman–Crippen MR) is 122 cm³/mol. The van der Waals surface area contributed by atoms with Gasteiger partial charge in [-0.15, -0.1) is 0 Å². The van der Waals surface area contributed by atoms with E-state index in [1.807, 2.05) is 53.4 Å². The normalized spacial score (nSPS) is 15.5. The first kappa shape index (κ1) is 20.0. The topological polar surface area (TPSA) is 41.6 Å². The first-order valence-electron chi connectivity index (χ1n) is 10.7. The third kappa shape index (κ3) is 4.18. The average Bonchev–Trinajstić information content (AvgIpc) is 2.78. The van der Waals surface area contributed by atoms with Crippen LogP contribution in [0.4, 0.5) is 11.4 Å². The number of hydrogen-bond donors (Lipinski definition) is 1. The third-order valence-electron chi connectivity index (χ3n) is 5.45. The molecule has 0 fully saturated rings. The van der Waals surface area contributed by atoms with Crippen LogP contribution < -0.4 is 15.0 Å². The van der Waals surface area contributed by atoms with Crippen molar-refractivity contribution in [1.82, 2.24) is 0 Å². The minimum atomic E-state index is -0.274. The Kier molecular flexibility index (Phi) is 6.03. The monoisotopic (exact) mass is 400 g/mol. The number of aryl methyl sites for hydroxylation is 1. The fourth-order valence-electron chi connectivity index (χ4n) is 3.75. The Morgan fingerprint density at radius 1 is 0.933 bits per heavy atom. The Balaban J connectivity index is 1.64. The van der Waals surface area contributed by atoms with E-state index in [4.69, 9.17) is 4.74 Å². The van der Waals surface area contributed by atoms with E-state index in [1.54, 1.807) is 0 Å². The summed E-state index contributed by atoms with van der Waals surface area (Å²) in [7, 11) is 0. The van der Waals surface area contributed by atoms with Crippen molar-refractivity contribution in [2.24, 2.45) is 0 Å². The quantitative estimate of drug-likeness (QED) is 0.471. The number of unbranched alkanes of at least 4 members (excludes halogenated alkanes) is 2. The Hall–Kier alpha value is -3.27. The molecule has 30 heavy (non-hydrogen) atoms. The molecule has 1 aliphatic rings. The van der Waals surface area contributed by atoms with E-state index in [0.29, 0.717) is 5.56 Å². The van der Waals surface area contributed by atoms with Crippen LogP contribution >= 0.6 is 0 Å². The number of amides is 1. The van der Waals surface area contributed by atoms with Crippen LogP contribution in [0.3, 0.4) is 0 Å². The summed E-state index contributed by atoms with van der Waals surface area (Å²) < 4.78 is 5.84. The highest BCUT2D eigenvalue weighted by atomic mass is 16.5. The fraction of sp³-hybridized carbons (Fsp3) is 0.269. The number of carbonyl (C=O) groups is 1. The van der Waals surface area contributed by atoms with E-state index in [9.17, 15) is 4.79 Å². The number of benzene rings is 3. The van der Waals surface area contributed by atoms with Crippen molar-refractivity contribution in [3.63, 3.8) is 0 Å². The molecule has 3 aromatic carbocycles. The molecular weight excluding hydrogens is 372 g/mol. The van der Waals surface area contributed by atoms with Crippen molar-refractivity contribution in [3.05, 3.63) is 89.5 Å². The summed E-state index contributed by atoms with van der Waals surface area (Å²) in [4.78, 5) is 15.3. The van der Waals surface area contributed by atoms with Crippen molar-refractivity contribution < 1.29 is 9.53 Å². The van der Waals surface area contributed by atoms with Crippen molar-refractivity contribution in [2.45, 2.75) is 39.3 Å². The number of para-hydroxylation sites is 1. The highest BCUT2D eigenvalue weighted by Gasteiger charge is 2.33. The van der Waals surface area contributed by atoms with Gasteiger partial charge in [-0.05, 0) is 55.3 Å². The summed E-state index contributed by atoms with van der Waals surface area (Å²) in [5, 5.41) is 3.55. The largest absolute Gasteiger partial charge is 0.494 e. The zero-order chi connectivity index (χ0) is 20.9. The van der Waals surface area contributed by atoms with E-state index in [2.05, 4.69) is 43.4 Å². The molecule has 0 radical (unpaired) electrons. The van der Waals surface area contributed by atoms with E-state index >= 15 is 0 Å². The summed E-state index contributed by atoms with van der Waals surface area (Å²) >= 11 is 0. The Morgan fingerprint density at radius 3 is 2.40 bits per heavy atom. The molecular formula is C26H28N2O2. The molecule has 154 valence electrons. The first-order valence-corrected chi connectivity index (χ1v) is 10.7. The summed E-state index contributed by atoms with van der Waals surface area (Å²) in [5.41, 5.74) is 4.62. The van der Waals surface area contributed by atoms with Crippen LogP contribution in [0, 0.1) is 6.92 Å². The van der Waals surface area contributed by atoms with Crippen molar-refractivity contribution in [3.8, 4) is 5.75 Å². The van der Waals surface area contributed by atoms with E-state index in [-0.39, 0.29) is 12.1 Å². The lowest BCUT2D eigenvalue weighted by atomic mass is 10.0. The van der Waals surface area contributed by atoms with Crippen molar-refractivity contribution >= 4 is 17.3 Å². The summed E-state index contributed by atoms with van der Waals surface area (Å²) in [6, 6.07) is 23.8. The Bertz CT molecular complexity index is 996. The minimum absolute atomic E-state index is 0.00783. The molecule has 4 nitrogen and oxygen atoms in total. The highest BCUT2D eigenvalue weighted by Crippen LogP contribution is 2.37. The van der Waals surface area contributed by atoms with E-state index in [0.717, 1.165) is 35.7 Å². The Morgan fingerprint density at radius 2 is 1.67 bits per heavy atom. The second kappa shape index (κ2) is 9.04. The summed E-state index contributed by atoms with van der Waals surface area (Å²) in [6.45, 7) is 4.97. The van der Waals surface area contributed by atoms with Crippen LogP contribution in [-0.4, -0.2) is 12.5 Å². The molecule has 0 aromatic heterocycles. The molecule has 0 spiro atoms. The van der Waals surface area contributed by atoms with Gasteiger partial charge in [0.05, 0.1) is 12.2 Å². The molecule has 0 bridgehead atoms. The lowest BCUT2D eigenvalue weighted by Crippen LogP contribution is -2.43. The van der Waals surface area contributed by atoms with Gasteiger partial charge in [0, 0.05) is 11.4 Å². The summed E-state index contributed by atoms with van der Waals surface area (Å²) in [5.74, 6) is 0.825. The molecule has 4 heteroatoms. The van der Waals surface area contributed by atoms with Crippen LogP contribution in [0.25, 0.3) is 0 Å². The standard InChI is InChI=1S/C26H28N2O2/c1-3-4-7-18-30-22-16-14-21(15-17-22)28-25(20-12-10-19(2)11-13-20)27-24-9-6-5-8-23(24)26(28)29/h5-6,8-17,25,27H,3-4,7,18H2,1-2H3/t25-/m1/s1. The number of anilines is 2. The number of carbonyl (C=O) groups excluding carboxylic acids is 1. The number of fused-ring (bicyclic) bond motifs is 1. The van der Waals surface area contributed by atoms with Crippen LogP contribution in [0.1, 0.15) is 53.8 Å². The minimum Gasteiger partial charge on any atom is -0.494 e. The second-order valence-electron chi connectivity index (χ2n) is 7.73. The van der Waals surface area contributed by atoms with Crippen molar-refractivity contribution in [2.75, 3.05) is 16.8 Å². The van der Waals surface area contributed by atoms with Crippen LogP contribution in [0.2, 0.25) is 0 Å². The van der Waals surface area contributed by atoms with Gasteiger partial charge in [-0.3, -0.25) is 9.69 Å². The molecule has 0 saturated carbocycles. The molecule has 1 N–H and O–H groups in total. The number of ether oxygens (including phenoxy) is 1. The number of nitrogens with zero attached hydrogens (tertiary/aromatic N) is 1.